The van der Waals surface area contributed by atoms with Gasteiger partial charge in [0, 0.05) is 15.6 Å². The molecule has 3 rings (SSSR count). The van der Waals surface area contributed by atoms with Gasteiger partial charge in [-0.05, 0) is 69.5 Å². The summed E-state index contributed by atoms with van der Waals surface area (Å²) in [6.45, 7) is 0.197. The highest BCUT2D eigenvalue weighted by atomic mass is 79.9. The second-order valence-corrected chi connectivity index (χ2v) is 8.50. The zero-order chi connectivity index (χ0) is 22.5. The summed E-state index contributed by atoms with van der Waals surface area (Å²) in [5, 5.41) is 19.9. The molecule has 31 heavy (non-hydrogen) atoms. The highest BCUT2D eigenvalue weighted by Gasteiger charge is 2.12. The van der Waals surface area contributed by atoms with Gasteiger partial charge in [0.2, 0.25) is 0 Å². The van der Waals surface area contributed by atoms with Gasteiger partial charge in [0.15, 0.2) is 5.75 Å². The van der Waals surface area contributed by atoms with Crippen molar-refractivity contribution in [2.45, 2.75) is 6.61 Å². The van der Waals surface area contributed by atoms with E-state index in [1.807, 2.05) is 0 Å². The van der Waals surface area contributed by atoms with Gasteiger partial charge in [-0.2, -0.15) is 5.26 Å². The van der Waals surface area contributed by atoms with Crippen LogP contribution in [0.15, 0.2) is 59.1 Å². The summed E-state index contributed by atoms with van der Waals surface area (Å²) in [5.74, 6) is -0.589. The van der Waals surface area contributed by atoms with Crippen molar-refractivity contribution in [2.24, 2.45) is 0 Å². The fourth-order valence-electron chi connectivity index (χ4n) is 2.73. The maximum Gasteiger partial charge on any atom is 0.335 e. The van der Waals surface area contributed by atoms with E-state index in [9.17, 15) is 10.1 Å². The number of aromatic carboxylic acids is 1. The summed E-state index contributed by atoms with van der Waals surface area (Å²) in [6.07, 6.45) is 1.66. The Balaban J connectivity index is 1.84. The summed E-state index contributed by atoms with van der Waals surface area (Å²) in [5.41, 5.74) is 2.54. The van der Waals surface area contributed by atoms with E-state index in [0.717, 1.165) is 5.56 Å². The molecule has 4 nitrogen and oxygen atoms in total. The van der Waals surface area contributed by atoms with E-state index in [4.69, 9.17) is 44.6 Å². The lowest BCUT2D eigenvalue weighted by Crippen LogP contribution is -1.98. The van der Waals surface area contributed by atoms with Gasteiger partial charge in [0.25, 0.3) is 0 Å². The van der Waals surface area contributed by atoms with Gasteiger partial charge in [0.1, 0.15) is 6.61 Å². The van der Waals surface area contributed by atoms with Crippen molar-refractivity contribution >= 4 is 68.4 Å². The Morgan fingerprint density at radius 2 is 1.71 bits per heavy atom. The molecular weight excluding hydrogens is 525 g/mol. The summed E-state index contributed by atoms with van der Waals surface area (Å²) in [6, 6.07) is 16.8. The molecule has 3 aromatic carbocycles. The first-order chi connectivity index (χ1) is 14.8. The van der Waals surface area contributed by atoms with Crippen LogP contribution in [0.1, 0.15) is 27.0 Å². The molecule has 0 radical (unpaired) electrons. The summed E-state index contributed by atoms with van der Waals surface area (Å²) >= 11 is 22.0. The van der Waals surface area contributed by atoms with Crippen molar-refractivity contribution in [3.05, 3.63) is 96.4 Å². The Morgan fingerprint density at radius 1 is 1.03 bits per heavy atom. The van der Waals surface area contributed by atoms with E-state index >= 15 is 0 Å². The highest BCUT2D eigenvalue weighted by Crippen LogP contribution is 2.36. The molecule has 1 N–H and O–H groups in total. The molecule has 0 unspecified atom stereocenters. The number of carbonyl (C=O) groups is 1. The number of halogens is 4. The number of carboxylic acid groups (broad SMARTS) is 1. The smallest absolute Gasteiger partial charge is 0.335 e. The SMILES string of the molecule is N#C/C(=C/c1cc(Cl)c(OCc2ccc(Cl)cc2Cl)c(Br)c1)c1ccc(C(=O)O)cc1. The van der Waals surface area contributed by atoms with Gasteiger partial charge in [-0.1, -0.05) is 53.0 Å². The van der Waals surface area contributed by atoms with Crippen LogP contribution in [0.3, 0.4) is 0 Å². The number of ether oxygens (including phenoxy) is 1. The van der Waals surface area contributed by atoms with Gasteiger partial charge < -0.3 is 9.84 Å². The van der Waals surface area contributed by atoms with Gasteiger partial charge >= 0.3 is 5.97 Å². The molecule has 3 aromatic rings. The highest BCUT2D eigenvalue weighted by molar-refractivity contribution is 9.10. The fourth-order valence-corrected chi connectivity index (χ4v) is 4.18. The molecule has 0 aromatic heterocycles. The summed E-state index contributed by atoms with van der Waals surface area (Å²) in [7, 11) is 0. The number of hydrogen-bond donors (Lipinski definition) is 1. The van der Waals surface area contributed by atoms with Gasteiger partial charge in [0.05, 0.1) is 26.7 Å². The first-order valence-corrected chi connectivity index (χ1v) is 10.7. The van der Waals surface area contributed by atoms with E-state index in [1.54, 1.807) is 48.5 Å². The second kappa shape index (κ2) is 10.2. The lowest BCUT2D eigenvalue weighted by atomic mass is 10.0. The number of benzene rings is 3. The van der Waals surface area contributed by atoms with Crippen molar-refractivity contribution in [1.29, 1.82) is 5.26 Å². The number of allylic oxidation sites excluding steroid dienone is 1. The number of hydrogen-bond acceptors (Lipinski definition) is 3. The van der Waals surface area contributed by atoms with Crippen LogP contribution >= 0.6 is 50.7 Å². The molecular formula is C23H13BrCl3NO3. The normalized spacial score (nSPS) is 11.1. The van der Waals surface area contributed by atoms with Crippen molar-refractivity contribution in [3.63, 3.8) is 0 Å². The quantitative estimate of drug-likeness (QED) is 0.258. The first-order valence-electron chi connectivity index (χ1n) is 8.80. The van der Waals surface area contributed by atoms with Crippen molar-refractivity contribution < 1.29 is 14.6 Å². The predicted octanol–water partition coefficient (Wildman–Crippen LogP) is 7.75. The molecule has 0 fully saturated rings. The van der Waals surface area contributed by atoms with E-state index in [0.29, 0.717) is 42.0 Å². The average Bonchev–Trinajstić information content (AvgIpc) is 2.72. The maximum atomic E-state index is 11.0. The molecule has 0 aliphatic heterocycles. The Hall–Kier alpha value is -2.49. The number of nitriles is 1. The van der Waals surface area contributed by atoms with Gasteiger partial charge in [-0.25, -0.2) is 4.79 Å². The van der Waals surface area contributed by atoms with Crippen molar-refractivity contribution in [1.82, 2.24) is 0 Å². The Bertz CT molecular complexity index is 1190. The lowest BCUT2D eigenvalue weighted by molar-refractivity contribution is 0.0697. The van der Waals surface area contributed by atoms with Crippen LogP contribution in [0.2, 0.25) is 15.1 Å². The lowest BCUT2D eigenvalue weighted by Gasteiger charge is -2.12. The van der Waals surface area contributed by atoms with E-state index < -0.39 is 5.97 Å². The Kier molecular flexibility index (Phi) is 7.64. The monoisotopic (exact) mass is 535 g/mol. The number of carboxylic acids is 1. The predicted molar refractivity (Wildman–Crippen MR) is 127 cm³/mol. The molecule has 156 valence electrons. The van der Waals surface area contributed by atoms with Crippen LogP contribution in [0.25, 0.3) is 11.6 Å². The average molecular weight is 538 g/mol. The van der Waals surface area contributed by atoms with Crippen LogP contribution in [0.5, 0.6) is 5.75 Å². The minimum Gasteiger partial charge on any atom is -0.486 e. The molecule has 8 heteroatoms. The van der Waals surface area contributed by atoms with Crippen LogP contribution in [0, 0.1) is 11.3 Å². The Labute approximate surface area is 202 Å². The summed E-state index contributed by atoms with van der Waals surface area (Å²) < 4.78 is 6.44. The van der Waals surface area contributed by atoms with Crippen molar-refractivity contribution in [2.75, 3.05) is 0 Å². The molecule has 0 spiro atoms. The maximum absolute atomic E-state index is 11.0. The van der Waals surface area contributed by atoms with E-state index in [2.05, 4.69) is 22.0 Å². The fraction of sp³-hybridized carbons (Fsp3) is 0.0435. The second-order valence-electron chi connectivity index (χ2n) is 6.39. The van der Waals surface area contributed by atoms with E-state index in [-0.39, 0.29) is 12.2 Å². The van der Waals surface area contributed by atoms with Crippen LogP contribution in [-0.4, -0.2) is 11.1 Å². The minimum atomic E-state index is -1.03. The molecule has 0 heterocycles. The third-order valence-electron chi connectivity index (χ3n) is 4.28. The zero-order valence-electron chi connectivity index (χ0n) is 15.7. The molecule has 0 bridgehead atoms. The van der Waals surface area contributed by atoms with Crippen LogP contribution < -0.4 is 4.74 Å². The summed E-state index contributed by atoms with van der Waals surface area (Å²) in [4.78, 5) is 11.0. The standard InChI is InChI=1S/C23H13BrCl3NO3/c24-19-8-13(7-17(11-28)14-1-3-15(4-2-14)23(29)30)9-21(27)22(19)31-12-16-5-6-18(25)10-20(16)26/h1-10H,12H2,(H,29,30)/b17-7-. The van der Waals surface area contributed by atoms with Crippen molar-refractivity contribution in [3.8, 4) is 11.8 Å². The molecule has 0 saturated heterocycles. The molecule has 0 amide bonds. The minimum absolute atomic E-state index is 0.147. The zero-order valence-corrected chi connectivity index (χ0v) is 19.6. The Morgan fingerprint density at radius 3 is 2.29 bits per heavy atom. The van der Waals surface area contributed by atoms with Gasteiger partial charge in [-0.3, -0.25) is 0 Å². The number of rotatable bonds is 6. The van der Waals surface area contributed by atoms with Gasteiger partial charge in [-0.15, -0.1) is 0 Å². The van der Waals surface area contributed by atoms with Crippen LogP contribution in [0.4, 0.5) is 0 Å². The largest absolute Gasteiger partial charge is 0.486 e. The third kappa shape index (κ3) is 5.81. The third-order valence-corrected chi connectivity index (χ3v) is 5.74. The number of nitrogens with zero attached hydrogens (tertiary/aromatic N) is 1. The molecule has 0 aliphatic rings. The topological polar surface area (TPSA) is 70.3 Å². The van der Waals surface area contributed by atoms with E-state index in [1.165, 1.54) is 12.1 Å². The molecule has 0 atom stereocenters. The molecule has 0 aliphatic carbocycles. The van der Waals surface area contributed by atoms with Crippen LogP contribution in [-0.2, 0) is 6.61 Å². The first kappa shape index (κ1) is 23.2. The molecule has 0 saturated carbocycles.